The van der Waals surface area contributed by atoms with Crippen molar-refractivity contribution in [2.75, 3.05) is 0 Å². The van der Waals surface area contributed by atoms with E-state index in [1.54, 1.807) is 0 Å². The Kier molecular flexibility index (Phi) is 4.69. The first-order valence-corrected chi connectivity index (χ1v) is 6.06. The average Bonchev–Trinajstić information content (AvgIpc) is 2.25. The molecule has 1 saturated carbocycles. The van der Waals surface area contributed by atoms with Crippen molar-refractivity contribution in [2.45, 2.75) is 32.1 Å². The predicted octanol–water partition coefficient (Wildman–Crippen LogP) is 0.508. The van der Waals surface area contributed by atoms with Crippen molar-refractivity contribution in [3.63, 3.8) is 0 Å². The monoisotopic (exact) mass is 288 g/mol. The summed E-state index contributed by atoms with van der Waals surface area (Å²) in [6, 6.07) is 0. The van der Waals surface area contributed by atoms with Crippen LogP contribution in [0.2, 0.25) is 0 Å². The molecule has 8 nitrogen and oxygen atoms in total. The van der Waals surface area contributed by atoms with Gasteiger partial charge in [-0.3, -0.25) is 19.2 Å². The molecule has 0 spiro atoms. The topological polar surface area (TPSA) is 149 Å². The molecule has 0 aromatic heterocycles. The molecule has 2 unspecified atom stereocenters. The van der Waals surface area contributed by atoms with Gasteiger partial charge in [0.05, 0.1) is 24.7 Å². The highest BCUT2D eigenvalue weighted by molar-refractivity contribution is 5.81. The van der Waals surface area contributed by atoms with E-state index in [-0.39, 0.29) is 19.3 Å². The average molecular weight is 288 g/mol. The summed E-state index contributed by atoms with van der Waals surface area (Å²) in [5, 5.41) is 35.9. The lowest BCUT2D eigenvalue weighted by molar-refractivity contribution is -0.161. The van der Waals surface area contributed by atoms with Gasteiger partial charge in [-0.05, 0) is 24.7 Å². The van der Waals surface area contributed by atoms with Crippen LogP contribution in [0, 0.1) is 17.3 Å². The molecule has 112 valence electrons. The first-order valence-electron chi connectivity index (χ1n) is 6.06. The van der Waals surface area contributed by atoms with Crippen LogP contribution in [0.1, 0.15) is 32.1 Å². The lowest BCUT2D eigenvalue weighted by Gasteiger charge is -2.40. The molecule has 0 aromatic rings. The molecular formula is C12H16O8. The van der Waals surface area contributed by atoms with E-state index in [1.165, 1.54) is 0 Å². The molecule has 8 heteroatoms. The highest BCUT2D eigenvalue weighted by Gasteiger charge is 2.48. The summed E-state index contributed by atoms with van der Waals surface area (Å²) in [5.41, 5.74) is -1.20. The van der Waals surface area contributed by atoms with Crippen molar-refractivity contribution in [1.82, 2.24) is 0 Å². The van der Waals surface area contributed by atoms with E-state index in [2.05, 4.69) is 0 Å². The number of rotatable bonds is 6. The van der Waals surface area contributed by atoms with E-state index < -0.39 is 54.0 Å². The zero-order chi connectivity index (χ0) is 15.5. The predicted molar refractivity (Wildman–Crippen MR) is 63.0 cm³/mol. The third kappa shape index (κ3) is 3.69. The third-order valence-electron chi connectivity index (χ3n) is 3.81. The highest BCUT2D eigenvalue weighted by Crippen LogP contribution is 2.47. The zero-order valence-corrected chi connectivity index (χ0v) is 10.6. The SMILES string of the molecule is O=C(O)CC1(CC(=O)O)CCC(C(=O)O)C(C(=O)O)C1. The van der Waals surface area contributed by atoms with Crippen LogP contribution >= 0.6 is 0 Å². The highest BCUT2D eigenvalue weighted by atomic mass is 16.4. The number of carboxylic acid groups (broad SMARTS) is 4. The molecule has 0 saturated heterocycles. The van der Waals surface area contributed by atoms with Crippen molar-refractivity contribution in [2.24, 2.45) is 17.3 Å². The van der Waals surface area contributed by atoms with Gasteiger partial charge in [0.2, 0.25) is 0 Å². The van der Waals surface area contributed by atoms with Crippen LogP contribution in [0.5, 0.6) is 0 Å². The summed E-state index contributed by atoms with van der Waals surface area (Å²) in [4.78, 5) is 44.0. The van der Waals surface area contributed by atoms with Gasteiger partial charge in [-0.15, -0.1) is 0 Å². The second-order valence-electron chi connectivity index (χ2n) is 5.27. The van der Waals surface area contributed by atoms with Gasteiger partial charge in [-0.1, -0.05) is 0 Å². The molecular weight excluding hydrogens is 272 g/mol. The van der Waals surface area contributed by atoms with Gasteiger partial charge in [-0.25, -0.2) is 0 Å². The Bertz CT molecular complexity index is 425. The fourth-order valence-corrected chi connectivity index (χ4v) is 2.95. The van der Waals surface area contributed by atoms with Gasteiger partial charge in [0.15, 0.2) is 0 Å². The Labute approximate surface area is 114 Å². The van der Waals surface area contributed by atoms with Crippen molar-refractivity contribution >= 4 is 23.9 Å². The van der Waals surface area contributed by atoms with E-state index in [0.29, 0.717) is 0 Å². The van der Waals surface area contributed by atoms with E-state index in [1.807, 2.05) is 0 Å². The molecule has 1 aliphatic carbocycles. The lowest BCUT2D eigenvalue weighted by Crippen LogP contribution is -2.42. The molecule has 2 atom stereocenters. The maximum atomic E-state index is 11.2. The van der Waals surface area contributed by atoms with Crippen molar-refractivity contribution < 1.29 is 39.6 Å². The first kappa shape index (κ1) is 15.9. The number of aliphatic carboxylic acids is 4. The van der Waals surface area contributed by atoms with Crippen LogP contribution in [0.3, 0.4) is 0 Å². The summed E-state index contributed by atoms with van der Waals surface area (Å²) < 4.78 is 0. The first-order chi connectivity index (χ1) is 9.17. The Morgan fingerprint density at radius 1 is 0.850 bits per heavy atom. The second kappa shape index (κ2) is 5.89. The molecule has 0 amide bonds. The Balaban J connectivity index is 3.04. The summed E-state index contributed by atoms with van der Waals surface area (Å²) >= 11 is 0. The molecule has 0 radical (unpaired) electrons. The minimum Gasteiger partial charge on any atom is -0.481 e. The van der Waals surface area contributed by atoms with Gasteiger partial charge >= 0.3 is 23.9 Å². The number of hydrogen-bond acceptors (Lipinski definition) is 4. The van der Waals surface area contributed by atoms with Gasteiger partial charge < -0.3 is 20.4 Å². The number of carboxylic acids is 4. The Hall–Kier alpha value is -2.12. The third-order valence-corrected chi connectivity index (χ3v) is 3.81. The minimum absolute atomic E-state index is 0.0349. The molecule has 1 fully saturated rings. The second-order valence-corrected chi connectivity index (χ2v) is 5.27. The van der Waals surface area contributed by atoms with Crippen LogP contribution in [0.15, 0.2) is 0 Å². The number of hydrogen-bond donors (Lipinski definition) is 4. The van der Waals surface area contributed by atoms with Gasteiger partial charge in [0.25, 0.3) is 0 Å². The van der Waals surface area contributed by atoms with Crippen LogP contribution in [0.25, 0.3) is 0 Å². The van der Waals surface area contributed by atoms with Crippen molar-refractivity contribution in [3.8, 4) is 0 Å². The molecule has 20 heavy (non-hydrogen) atoms. The lowest BCUT2D eigenvalue weighted by atomic mass is 9.62. The molecule has 0 bridgehead atoms. The van der Waals surface area contributed by atoms with Crippen LogP contribution < -0.4 is 0 Å². The van der Waals surface area contributed by atoms with E-state index in [0.717, 1.165) is 0 Å². The summed E-state index contributed by atoms with van der Waals surface area (Å²) in [7, 11) is 0. The Morgan fingerprint density at radius 2 is 1.30 bits per heavy atom. The fourth-order valence-electron chi connectivity index (χ4n) is 2.95. The molecule has 1 rings (SSSR count). The molecule has 1 aliphatic rings. The van der Waals surface area contributed by atoms with Crippen molar-refractivity contribution in [3.05, 3.63) is 0 Å². The zero-order valence-electron chi connectivity index (χ0n) is 10.6. The van der Waals surface area contributed by atoms with Crippen LogP contribution in [0.4, 0.5) is 0 Å². The molecule has 0 aliphatic heterocycles. The smallest absolute Gasteiger partial charge is 0.307 e. The van der Waals surface area contributed by atoms with Gasteiger partial charge in [0, 0.05) is 0 Å². The van der Waals surface area contributed by atoms with Gasteiger partial charge in [0.1, 0.15) is 0 Å². The van der Waals surface area contributed by atoms with E-state index in [9.17, 15) is 19.2 Å². The quantitative estimate of drug-likeness (QED) is 0.552. The summed E-state index contributed by atoms with van der Waals surface area (Å²) in [6.45, 7) is 0. The molecule has 0 aromatic carbocycles. The summed E-state index contributed by atoms with van der Waals surface area (Å²) in [6.07, 6.45) is -1.16. The fraction of sp³-hybridized carbons (Fsp3) is 0.667. The van der Waals surface area contributed by atoms with Gasteiger partial charge in [-0.2, -0.15) is 0 Å². The van der Waals surface area contributed by atoms with Crippen LogP contribution in [-0.4, -0.2) is 44.3 Å². The maximum Gasteiger partial charge on any atom is 0.307 e. The standard InChI is InChI=1S/C12H16O8/c13-8(14)4-12(5-9(15)16)2-1-6(10(17)18)7(3-12)11(19)20/h6-7H,1-5H2,(H,13,14)(H,15,16)(H,17,18)(H,19,20). The Morgan fingerprint density at radius 3 is 1.65 bits per heavy atom. The maximum absolute atomic E-state index is 11.2. The largest absolute Gasteiger partial charge is 0.481 e. The van der Waals surface area contributed by atoms with Crippen molar-refractivity contribution in [1.29, 1.82) is 0 Å². The van der Waals surface area contributed by atoms with Crippen LogP contribution in [-0.2, 0) is 19.2 Å². The molecule has 4 N–H and O–H groups in total. The van der Waals surface area contributed by atoms with E-state index in [4.69, 9.17) is 20.4 Å². The van der Waals surface area contributed by atoms with E-state index >= 15 is 0 Å². The molecule has 0 heterocycles. The minimum atomic E-state index is -1.34. The number of carbonyl (C=O) groups is 4. The summed E-state index contributed by atoms with van der Waals surface area (Å²) in [5.74, 6) is -7.40. The normalized spacial score (nSPS) is 24.8.